The third-order valence-corrected chi connectivity index (χ3v) is 6.54. The minimum atomic E-state index is -0.809. The van der Waals surface area contributed by atoms with Gasteiger partial charge in [-0.3, -0.25) is 4.79 Å². The Labute approximate surface area is 217 Å². The first-order chi connectivity index (χ1) is 17.3. The van der Waals surface area contributed by atoms with Crippen LogP contribution in [0.5, 0.6) is 5.75 Å². The van der Waals surface area contributed by atoms with E-state index in [4.69, 9.17) is 14.5 Å². The molecule has 0 unspecified atom stereocenters. The number of carbonyl (C=O) groups excluding carboxylic acids is 1. The van der Waals surface area contributed by atoms with Crippen LogP contribution in [0.4, 0.5) is 0 Å². The van der Waals surface area contributed by atoms with E-state index in [0.717, 1.165) is 21.7 Å². The van der Waals surface area contributed by atoms with Crippen LogP contribution in [-0.2, 0) is 9.53 Å². The standard InChI is InChI=1S/C28H28BrN3O4/c1-5-17(3)26-31-24-13-12-20(29)15-22(24)27(33)32(26)30-16-23-21-10-8-7-9-19(21)11-14-25(23)36-18(4)28(34)35-6-2/h7-18H,5-6H2,1-4H3/t17-,18+/m1/s1. The normalized spacial score (nSPS) is 13.2. The predicted octanol–water partition coefficient (Wildman–Crippen LogP) is 6.04. The highest BCUT2D eigenvalue weighted by atomic mass is 79.9. The van der Waals surface area contributed by atoms with E-state index >= 15 is 0 Å². The zero-order valence-electron chi connectivity index (χ0n) is 20.7. The Morgan fingerprint density at radius 2 is 1.89 bits per heavy atom. The molecule has 3 aromatic carbocycles. The van der Waals surface area contributed by atoms with Crippen molar-refractivity contribution in [3.8, 4) is 5.75 Å². The molecule has 7 nitrogen and oxygen atoms in total. The number of esters is 1. The number of ether oxygens (including phenoxy) is 2. The molecule has 0 aliphatic heterocycles. The molecule has 0 aliphatic carbocycles. The summed E-state index contributed by atoms with van der Waals surface area (Å²) in [6.45, 7) is 7.73. The van der Waals surface area contributed by atoms with Gasteiger partial charge < -0.3 is 9.47 Å². The van der Waals surface area contributed by atoms with Crippen LogP contribution in [0.15, 0.2) is 69.0 Å². The molecule has 0 saturated heterocycles. The van der Waals surface area contributed by atoms with E-state index in [0.29, 0.717) is 28.0 Å². The lowest BCUT2D eigenvalue weighted by atomic mass is 10.0. The second-order valence-electron chi connectivity index (χ2n) is 8.51. The quantitative estimate of drug-likeness (QED) is 0.197. The highest BCUT2D eigenvalue weighted by Crippen LogP contribution is 2.28. The van der Waals surface area contributed by atoms with Crippen LogP contribution < -0.4 is 10.3 Å². The SMILES string of the molecule is CCOC(=O)[C@H](C)Oc1ccc2ccccc2c1C=Nn1c([C@H](C)CC)nc2ccc(Br)cc2c1=O. The fourth-order valence-electron chi connectivity index (χ4n) is 3.90. The topological polar surface area (TPSA) is 82.8 Å². The average molecular weight is 550 g/mol. The fourth-order valence-corrected chi connectivity index (χ4v) is 4.27. The van der Waals surface area contributed by atoms with Gasteiger partial charge in [-0.2, -0.15) is 9.78 Å². The van der Waals surface area contributed by atoms with Gasteiger partial charge in [-0.1, -0.05) is 60.1 Å². The fraction of sp³-hybridized carbons (Fsp3) is 0.286. The number of fused-ring (bicyclic) bond motifs is 2. The molecule has 186 valence electrons. The van der Waals surface area contributed by atoms with Crippen molar-refractivity contribution in [2.45, 2.75) is 46.1 Å². The molecule has 0 amide bonds. The van der Waals surface area contributed by atoms with E-state index in [2.05, 4.69) is 21.0 Å². The molecule has 0 fully saturated rings. The van der Waals surface area contributed by atoms with Crippen LogP contribution >= 0.6 is 15.9 Å². The highest BCUT2D eigenvalue weighted by Gasteiger charge is 2.19. The van der Waals surface area contributed by atoms with E-state index in [1.165, 1.54) is 4.68 Å². The number of nitrogens with zero attached hydrogens (tertiary/aromatic N) is 3. The lowest BCUT2D eigenvalue weighted by molar-refractivity contribution is -0.150. The van der Waals surface area contributed by atoms with E-state index in [1.54, 1.807) is 32.2 Å². The first-order valence-corrected chi connectivity index (χ1v) is 12.7. The molecule has 0 spiro atoms. The first-order valence-electron chi connectivity index (χ1n) is 12.0. The summed E-state index contributed by atoms with van der Waals surface area (Å²) in [4.78, 5) is 30.5. The maximum Gasteiger partial charge on any atom is 0.347 e. The molecule has 0 saturated carbocycles. The van der Waals surface area contributed by atoms with Crippen molar-refractivity contribution >= 4 is 49.8 Å². The summed E-state index contributed by atoms with van der Waals surface area (Å²) in [5.74, 6) is 0.604. The average Bonchev–Trinajstić information content (AvgIpc) is 2.88. The van der Waals surface area contributed by atoms with Crippen molar-refractivity contribution in [3.63, 3.8) is 0 Å². The largest absolute Gasteiger partial charge is 0.478 e. The van der Waals surface area contributed by atoms with Crippen LogP contribution in [0.2, 0.25) is 0 Å². The molecule has 1 heterocycles. The Morgan fingerprint density at radius 3 is 2.64 bits per heavy atom. The Balaban J connectivity index is 1.88. The Hall–Kier alpha value is -3.52. The van der Waals surface area contributed by atoms with E-state index in [9.17, 15) is 9.59 Å². The van der Waals surface area contributed by atoms with Gasteiger partial charge in [-0.15, -0.1) is 0 Å². The zero-order chi connectivity index (χ0) is 25.8. The van der Waals surface area contributed by atoms with Gasteiger partial charge in [0.05, 0.1) is 23.7 Å². The monoisotopic (exact) mass is 549 g/mol. The molecule has 0 bridgehead atoms. The predicted molar refractivity (Wildman–Crippen MR) is 146 cm³/mol. The number of carbonyl (C=O) groups is 1. The van der Waals surface area contributed by atoms with Gasteiger partial charge in [-0.05, 0) is 55.3 Å². The lowest BCUT2D eigenvalue weighted by Crippen LogP contribution is -2.26. The van der Waals surface area contributed by atoms with Gasteiger partial charge in [0, 0.05) is 16.0 Å². The van der Waals surface area contributed by atoms with Gasteiger partial charge in [0.1, 0.15) is 11.6 Å². The summed E-state index contributed by atoms with van der Waals surface area (Å²) >= 11 is 3.44. The van der Waals surface area contributed by atoms with Crippen LogP contribution in [0, 0.1) is 0 Å². The van der Waals surface area contributed by atoms with Crippen molar-refractivity contribution in [3.05, 3.63) is 80.8 Å². The van der Waals surface area contributed by atoms with E-state index in [-0.39, 0.29) is 18.1 Å². The van der Waals surface area contributed by atoms with Crippen molar-refractivity contribution in [1.82, 2.24) is 9.66 Å². The molecule has 4 rings (SSSR count). The first kappa shape index (κ1) is 25.6. The Bertz CT molecular complexity index is 1510. The summed E-state index contributed by atoms with van der Waals surface area (Å²) in [5.41, 5.74) is 1.03. The molecular weight excluding hydrogens is 522 g/mol. The van der Waals surface area contributed by atoms with Crippen LogP contribution in [0.3, 0.4) is 0 Å². The summed E-state index contributed by atoms with van der Waals surface area (Å²) in [7, 11) is 0. The Kier molecular flexibility index (Phi) is 7.84. The van der Waals surface area contributed by atoms with Gasteiger partial charge in [0.25, 0.3) is 5.56 Å². The van der Waals surface area contributed by atoms with Crippen LogP contribution in [0.25, 0.3) is 21.7 Å². The maximum atomic E-state index is 13.5. The molecule has 0 aliphatic rings. The number of hydrogen-bond donors (Lipinski definition) is 0. The third kappa shape index (κ3) is 5.18. The van der Waals surface area contributed by atoms with Crippen molar-refractivity contribution < 1.29 is 14.3 Å². The van der Waals surface area contributed by atoms with Gasteiger partial charge in [0.15, 0.2) is 6.10 Å². The highest BCUT2D eigenvalue weighted by molar-refractivity contribution is 9.10. The lowest BCUT2D eigenvalue weighted by Gasteiger charge is -2.17. The second kappa shape index (κ2) is 11.0. The van der Waals surface area contributed by atoms with Crippen molar-refractivity contribution in [2.75, 3.05) is 6.61 Å². The molecular formula is C28H28BrN3O4. The van der Waals surface area contributed by atoms with Crippen LogP contribution in [-0.4, -0.2) is 34.6 Å². The number of benzene rings is 3. The van der Waals surface area contributed by atoms with E-state index in [1.807, 2.05) is 56.3 Å². The summed E-state index contributed by atoms with van der Waals surface area (Å²) < 4.78 is 13.2. The minimum Gasteiger partial charge on any atom is -0.478 e. The summed E-state index contributed by atoms with van der Waals surface area (Å²) in [6, 6.07) is 17.0. The molecule has 4 aromatic rings. The number of rotatable bonds is 8. The third-order valence-electron chi connectivity index (χ3n) is 6.04. The van der Waals surface area contributed by atoms with Crippen molar-refractivity contribution in [1.29, 1.82) is 0 Å². The number of hydrogen-bond acceptors (Lipinski definition) is 6. The Morgan fingerprint density at radius 1 is 1.11 bits per heavy atom. The van der Waals surface area contributed by atoms with Gasteiger partial charge >= 0.3 is 5.97 Å². The molecule has 2 atom stereocenters. The molecule has 8 heteroatoms. The van der Waals surface area contributed by atoms with Crippen molar-refractivity contribution in [2.24, 2.45) is 5.10 Å². The molecule has 0 radical (unpaired) electrons. The zero-order valence-corrected chi connectivity index (χ0v) is 22.3. The number of halogens is 1. The minimum absolute atomic E-state index is 0.00923. The number of aromatic nitrogens is 2. The van der Waals surface area contributed by atoms with Gasteiger partial charge in [0.2, 0.25) is 0 Å². The van der Waals surface area contributed by atoms with Gasteiger partial charge in [-0.25, -0.2) is 9.78 Å². The molecule has 1 aromatic heterocycles. The molecule has 0 N–H and O–H groups in total. The van der Waals surface area contributed by atoms with E-state index < -0.39 is 12.1 Å². The smallest absolute Gasteiger partial charge is 0.347 e. The summed E-state index contributed by atoms with van der Waals surface area (Å²) in [6.07, 6.45) is 1.59. The molecule has 36 heavy (non-hydrogen) atoms. The second-order valence-corrected chi connectivity index (χ2v) is 9.43. The van der Waals surface area contributed by atoms with Crippen LogP contribution in [0.1, 0.15) is 51.4 Å². The summed E-state index contributed by atoms with van der Waals surface area (Å²) in [5, 5.41) is 6.96. The maximum absolute atomic E-state index is 13.5.